The van der Waals surface area contributed by atoms with Crippen molar-refractivity contribution in [3.63, 3.8) is 0 Å². The van der Waals surface area contributed by atoms with Crippen LogP contribution in [0.3, 0.4) is 0 Å². The molecule has 1 aromatic carbocycles. The van der Waals surface area contributed by atoms with Crippen LogP contribution in [0.5, 0.6) is 0 Å². The van der Waals surface area contributed by atoms with Crippen LogP contribution in [0.25, 0.3) is 17.0 Å². The first kappa shape index (κ1) is 12.2. The fraction of sp³-hybridized carbons (Fsp3) is 0. The van der Waals surface area contributed by atoms with E-state index in [2.05, 4.69) is 15.5 Å². The van der Waals surface area contributed by atoms with Gasteiger partial charge in [0.2, 0.25) is 0 Å². The lowest BCUT2D eigenvalue weighted by Gasteiger charge is -2.00. The number of anilines is 1. The number of nitrogens with zero attached hydrogens (tertiary/aromatic N) is 2. The summed E-state index contributed by atoms with van der Waals surface area (Å²) in [7, 11) is 0. The van der Waals surface area contributed by atoms with Crippen LogP contribution in [0.1, 0.15) is 5.76 Å². The fourth-order valence-electron chi connectivity index (χ4n) is 1.80. The van der Waals surface area contributed by atoms with E-state index in [0.29, 0.717) is 5.82 Å². The third kappa shape index (κ3) is 2.92. The molecule has 2 heterocycles. The molecule has 0 saturated carbocycles. The molecule has 0 spiro atoms. The molecule has 3 aromatic rings. The van der Waals surface area contributed by atoms with Gasteiger partial charge in [0.1, 0.15) is 11.6 Å². The summed E-state index contributed by atoms with van der Waals surface area (Å²) in [5, 5.41) is 5.19. The Hall–Kier alpha value is -2.88. The zero-order valence-electron chi connectivity index (χ0n) is 10.7. The molecular weight excluding hydrogens is 250 g/mol. The van der Waals surface area contributed by atoms with Gasteiger partial charge in [0.15, 0.2) is 0 Å². The standard InChI is InChI=1S/C16H13N3O/c1-2-8-15-13(5-1)9-10-16(18-15)19-17-11-3-6-14-7-4-12-20-14/h1-12H,(H,18,19)/b6-3-,17-11-. The summed E-state index contributed by atoms with van der Waals surface area (Å²) in [6, 6.07) is 15.6. The van der Waals surface area contributed by atoms with Crippen molar-refractivity contribution in [2.75, 3.05) is 5.43 Å². The Morgan fingerprint density at radius 2 is 2.00 bits per heavy atom. The zero-order valence-corrected chi connectivity index (χ0v) is 10.7. The van der Waals surface area contributed by atoms with Gasteiger partial charge in [-0.2, -0.15) is 5.10 Å². The van der Waals surface area contributed by atoms with Crippen molar-refractivity contribution in [1.82, 2.24) is 4.98 Å². The van der Waals surface area contributed by atoms with Crippen LogP contribution in [-0.2, 0) is 0 Å². The molecule has 0 fully saturated rings. The molecule has 0 atom stereocenters. The lowest BCUT2D eigenvalue weighted by Crippen LogP contribution is -1.92. The Labute approximate surface area is 116 Å². The van der Waals surface area contributed by atoms with Crippen LogP contribution in [0.15, 0.2) is 70.4 Å². The third-order valence-electron chi connectivity index (χ3n) is 2.74. The first-order valence-electron chi connectivity index (χ1n) is 6.27. The van der Waals surface area contributed by atoms with Gasteiger partial charge in [0.05, 0.1) is 11.8 Å². The monoisotopic (exact) mass is 263 g/mol. The van der Waals surface area contributed by atoms with Gasteiger partial charge in [-0.3, -0.25) is 5.43 Å². The summed E-state index contributed by atoms with van der Waals surface area (Å²) >= 11 is 0. The smallest absolute Gasteiger partial charge is 0.146 e. The van der Waals surface area contributed by atoms with E-state index in [0.717, 1.165) is 16.7 Å². The minimum absolute atomic E-state index is 0.714. The number of fused-ring (bicyclic) bond motifs is 1. The number of para-hydroxylation sites is 1. The van der Waals surface area contributed by atoms with Crippen LogP contribution in [-0.4, -0.2) is 11.2 Å². The Kier molecular flexibility index (Phi) is 3.55. The van der Waals surface area contributed by atoms with E-state index in [-0.39, 0.29) is 0 Å². The van der Waals surface area contributed by atoms with E-state index < -0.39 is 0 Å². The number of benzene rings is 1. The molecule has 2 aromatic heterocycles. The number of allylic oxidation sites excluding steroid dienone is 1. The van der Waals surface area contributed by atoms with Crippen molar-refractivity contribution < 1.29 is 4.42 Å². The highest BCUT2D eigenvalue weighted by molar-refractivity contribution is 5.81. The number of hydrazone groups is 1. The summed E-state index contributed by atoms with van der Waals surface area (Å²) in [5.74, 6) is 1.51. The van der Waals surface area contributed by atoms with E-state index in [1.807, 2.05) is 54.6 Å². The number of pyridine rings is 1. The number of hydrogen-bond donors (Lipinski definition) is 1. The van der Waals surface area contributed by atoms with Crippen LogP contribution in [0.4, 0.5) is 5.82 Å². The van der Waals surface area contributed by atoms with Crippen molar-refractivity contribution in [1.29, 1.82) is 0 Å². The maximum absolute atomic E-state index is 5.17. The van der Waals surface area contributed by atoms with Crippen molar-refractivity contribution in [3.8, 4) is 0 Å². The van der Waals surface area contributed by atoms with Gasteiger partial charge in [0, 0.05) is 11.6 Å². The lowest BCUT2D eigenvalue weighted by atomic mass is 10.2. The summed E-state index contributed by atoms with van der Waals surface area (Å²) in [5.41, 5.74) is 3.84. The molecule has 0 unspecified atom stereocenters. The number of furan rings is 1. The average molecular weight is 263 g/mol. The van der Waals surface area contributed by atoms with E-state index in [1.165, 1.54) is 0 Å². The molecule has 0 aliphatic carbocycles. The molecule has 0 saturated heterocycles. The molecular formula is C16H13N3O. The van der Waals surface area contributed by atoms with E-state index in [1.54, 1.807) is 18.6 Å². The number of hydrogen-bond acceptors (Lipinski definition) is 4. The quantitative estimate of drug-likeness (QED) is 0.573. The van der Waals surface area contributed by atoms with Gasteiger partial charge in [-0.1, -0.05) is 18.2 Å². The number of nitrogens with one attached hydrogen (secondary N) is 1. The molecule has 4 heteroatoms. The fourth-order valence-corrected chi connectivity index (χ4v) is 1.80. The minimum Gasteiger partial charge on any atom is -0.465 e. The van der Waals surface area contributed by atoms with Crippen molar-refractivity contribution in [3.05, 3.63) is 66.6 Å². The Balaban J connectivity index is 1.64. The predicted molar refractivity (Wildman–Crippen MR) is 81.6 cm³/mol. The lowest BCUT2D eigenvalue weighted by molar-refractivity contribution is 0.557. The molecule has 20 heavy (non-hydrogen) atoms. The van der Waals surface area contributed by atoms with E-state index in [9.17, 15) is 0 Å². The second kappa shape index (κ2) is 5.84. The van der Waals surface area contributed by atoms with Gasteiger partial charge in [-0.15, -0.1) is 0 Å². The Morgan fingerprint density at radius 3 is 2.90 bits per heavy atom. The molecule has 1 N–H and O–H groups in total. The Morgan fingerprint density at radius 1 is 1.05 bits per heavy atom. The van der Waals surface area contributed by atoms with Crippen LogP contribution < -0.4 is 5.43 Å². The third-order valence-corrected chi connectivity index (χ3v) is 2.74. The largest absolute Gasteiger partial charge is 0.465 e. The van der Waals surface area contributed by atoms with E-state index >= 15 is 0 Å². The molecule has 0 aliphatic rings. The topological polar surface area (TPSA) is 50.4 Å². The molecule has 0 aliphatic heterocycles. The molecule has 98 valence electrons. The summed E-state index contributed by atoms with van der Waals surface area (Å²) in [6.45, 7) is 0. The predicted octanol–water partition coefficient (Wildman–Crippen LogP) is 3.94. The van der Waals surface area contributed by atoms with Crippen LogP contribution in [0, 0.1) is 0 Å². The molecule has 3 rings (SSSR count). The van der Waals surface area contributed by atoms with Gasteiger partial charge < -0.3 is 4.42 Å². The first-order chi connectivity index (χ1) is 9.92. The second-order valence-electron chi connectivity index (χ2n) is 4.15. The first-order valence-corrected chi connectivity index (χ1v) is 6.27. The molecule has 4 nitrogen and oxygen atoms in total. The maximum atomic E-state index is 5.17. The zero-order chi connectivity index (χ0) is 13.6. The summed E-state index contributed by atoms with van der Waals surface area (Å²) in [6.07, 6.45) is 6.92. The summed E-state index contributed by atoms with van der Waals surface area (Å²) in [4.78, 5) is 4.46. The van der Waals surface area contributed by atoms with Crippen molar-refractivity contribution in [2.45, 2.75) is 0 Å². The number of rotatable bonds is 4. The van der Waals surface area contributed by atoms with Crippen molar-refractivity contribution >= 4 is 29.0 Å². The SMILES string of the molecule is C(=C/c1ccco1)/C=N\Nc1ccc2ccccc2n1. The number of aromatic nitrogens is 1. The highest BCUT2D eigenvalue weighted by Gasteiger charge is 1.95. The maximum Gasteiger partial charge on any atom is 0.146 e. The van der Waals surface area contributed by atoms with E-state index in [4.69, 9.17) is 4.42 Å². The molecule has 0 bridgehead atoms. The van der Waals surface area contributed by atoms with Gasteiger partial charge in [-0.05, 0) is 42.5 Å². The van der Waals surface area contributed by atoms with Crippen molar-refractivity contribution in [2.24, 2.45) is 5.10 Å². The van der Waals surface area contributed by atoms with Gasteiger partial charge in [-0.25, -0.2) is 4.98 Å². The van der Waals surface area contributed by atoms with Crippen LogP contribution in [0.2, 0.25) is 0 Å². The summed E-state index contributed by atoms with van der Waals surface area (Å²) < 4.78 is 5.17. The second-order valence-corrected chi connectivity index (χ2v) is 4.15. The van der Waals surface area contributed by atoms with Crippen LogP contribution >= 0.6 is 0 Å². The van der Waals surface area contributed by atoms with Gasteiger partial charge >= 0.3 is 0 Å². The average Bonchev–Trinajstić information content (AvgIpc) is 3.00. The molecule has 0 radical (unpaired) electrons. The minimum atomic E-state index is 0.714. The molecule has 0 amide bonds. The van der Waals surface area contributed by atoms with Gasteiger partial charge in [0.25, 0.3) is 0 Å². The highest BCUT2D eigenvalue weighted by Crippen LogP contribution is 2.14. The highest BCUT2D eigenvalue weighted by atomic mass is 16.3. The normalized spacial score (nSPS) is 11.6. The Bertz CT molecular complexity index is 745.